The lowest BCUT2D eigenvalue weighted by Gasteiger charge is -2.34. The minimum atomic E-state index is -2.93. The Bertz CT molecular complexity index is 2090. The number of rotatable bonds is 4. The molecule has 6 aromatic carbocycles. The lowest BCUT2D eigenvalue weighted by molar-refractivity contribution is 0.676. The van der Waals surface area contributed by atoms with Crippen LogP contribution >= 0.6 is 0 Å². The van der Waals surface area contributed by atoms with Gasteiger partial charge in [0, 0.05) is 5.56 Å². The van der Waals surface area contributed by atoms with Crippen molar-refractivity contribution >= 4 is 21.3 Å². The number of amidine groups is 1. The van der Waals surface area contributed by atoms with Crippen molar-refractivity contribution in [3.8, 4) is 11.1 Å². The molecule has 2 aliphatic rings. The Morgan fingerprint density at radius 1 is 0.524 bits per heavy atom. The molecule has 0 N–H and O–H groups in total. The molecule has 0 fully saturated rings. The fourth-order valence-corrected chi connectivity index (χ4v) is 8.61. The second kappa shape index (κ2) is 9.51. The van der Waals surface area contributed by atoms with Gasteiger partial charge in [-0.05, 0) is 63.7 Å². The standard InChI is InChI=1S/C38H26N2OS/c41-42(30-18-8-3-9-19-30)36-23-13-12-22-35(36)39-37(40-42)27-24-25-32-31-20-10-11-21-33(31)38(34(32)26-27,28-14-4-1-5-15-28)29-16-6-2-7-17-29/h1-26H. The van der Waals surface area contributed by atoms with Crippen LogP contribution in [0.25, 0.3) is 11.1 Å². The van der Waals surface area contributed by atoms with Crippen molar-refractivity contribution < 1.29 is 4.21 Å². The molecule has 0 spiro atoms. The molecule has 3 nitrogen and oxygen atoms in total. The van der Waals surface area contributed by atoms with Crippen LogP contribution < -0.4 is 0 Å². The number of hydrogen-bond donors (Lipinski definition) is 0. The quantitative estimate of drug-likeness (QED) is 0.212. The molecule has 0 saturated heterocycles. The summed E-state index contributed by atoms with van der Waals surface area (Å²) in [5, 5.41) is 0. The van der Waals surface area contributed by atoms with Crippen molar-refractivity contribution in [2.75, 3.05) is 0 Å². The Labute approximate surface area is 246 Å². The van der Waals surface area contributed by atoms with Gasteiger partial charge in [-0.2, -0.15) is 4.36 Å². The Kier molecular flexibility index (Phi) is 5.59. The van der Waals surface area contributed by atoms with Gasteiger partial charge in [-0.15, -0.1) is 0 Å². The SMILES string of the molecule is O=S1(c2ccccc2)=NC(c2ccc3c(c2)C(c2ccccc2)(c2ccccc2)c2ccccc2-3)=Nc2ccccc21. The van der Waals surface area contributed by atoms with E-state index in [0.717, 1.165) is 5.56 Å². The highest BCUT2D eigenvalue weighted by atomic mass is 32.2. The predicted molar refractivity (Wildman–Crippen MR) is 170 cm³/mol. The van der Waals surface area contributed by atoms with Gasteiger partial charge in [-0.3, -0.25) is 0 Å². The van der Waals surface area contributed by atoms with Gasteiger partial charge in [0.1, 0.15) is 9.73 Å². The van der Waals surface area contributed by atoms with E-state index in [1.165, 1.54) is 33.4 Å². The highest BCUT2D eigenvalue weighted by Crippen LogP contribution is 2.56. The zero-order valence-electron chi connectivity index (χ0n) is 22.7. The van der Waals surface area contributed by atoms with Crippen LogP contribution in [0.5, 0.6) is 0 Å². The van der Waals surface area contributed by atoms with Crippen LogP contribution in [0, 0.1) is 0 Å². The Morgan fingerprint density at radius 3 is 1.81 bits per heavy atom. The molecule has 0 aromatic heterocycles. The van der Waals surface area contributed by atoms with E-state index in [2.05, 4.69) is 103 Å². The molecule has 1 aliphatic heterocycles. The third-order valence-electron chi connectivity index (χ3n) is 8.38. The Hall–Kier alpha value is -5.06. The average molecular weight is 559 g/mol. The van der Waals surface area contributed by atoms with Crippen LogP contribution in [0.2, 0.25) is 0 Å². The number of fused-ring (bicyclic) bond motifs is 4. The predicted octanol–water partition coefficient (Wildman–Crippen LogP) is 9.03. The molecule has 0 radical (unpaired) electrons. The number of nitrogens with zero attached hydrogens (tertiary/aromatic N) is 2. The average Bonchev–Trinajstić information content (AvgIpc) is 3.36. The van der Waals surface area contributed by atoms with Gasteiger partial charge in [0.25, 0.3) is 0 Å². The second-order valence-electron chi connectivity index (χ2n) is 10.6. The van der Waals surface area contributed by atoms with E-state index < -0.39 is 15.1 Å². The van der Waals surface area contributed by atoms with Crippen LogP contribution in [0.15, 0.2) is 177 Å². The molecular weight excluding hydrogens is 532 g/mol. The van der Waals surface area contributed by atoms with E-state index in [1.54, 1.807) is 0 Å². The maximum atomic E-state index is 14.7. The first-order chi connectivity index (χ1) is 20.7. The lowest BCUT2D eigenvalue weighted by Crippen LogP contribution is -2.28. The summed E-state index contributed by atoms with van der Waals surface area (Å²) in [4.78, 5) is 6.31. The number of benzene rings is 6. The Morgan fingerprint density at radius 2 is 1.10 bits per heavy atom. The van der Waals surface area contributed by atoms with Gasteiger partial charge in [0.05, 0.1) is 20.9 Å². The third-order valence-corrected chi connectivity index (χ3v) is 10.7. The minimum Gasteiger partial charge on any atom is -0.239 e. The molecule has 42 heavy (non-hydrogen) atoms. The Balaban J connectivity index is 1.42. The van der Waals surface area contributed by atoms with Crippen LogP contribution in [0.3, 0.4) is 0 Å². The maximum Gasteiger partial charge on any atom is 0.170 e. The summed E-state index contributed by atoms with van der Waals surface area (Å²) in [6.07, 6.45) is 0. The normalized spacial score (nSPS) is 17.8. The number of hydrogen-bond acceptors (Lipinski definition) is 3. The van der Waals surface area contributed by atoms with Crippen molar-refractivity contribution in [2.24, 2.45) is 9.36 Å². The van der Waals surface area contributed by atoms with E-state index in [4.69, 9.17) is 9.36 Å². The fourth-order valence-electron chi connectivity index (χ4n) is 6.57. The monoisotopic (exact) mass is 558 g/mol. The van der Waals surface area contributed by atoms with Crippen LogP contribution in [0.1, 0.15) is 27.8 Å². The lowest BCUT2D eigenvalue weighted by atomic mass is 9.67. The first-order valence-corrected chi connectivity index (χ1v) is 15.6. The molecule has 0 bridgehead atoms. The molecule has 4 heteroatoms. The van der Waals surface area contributed by atoms with Gasteiger partial charge in [0.2, 0.25) is 0 Å². The summed E-state index contributed by atoms with van der Waals surface area (Å²) in [6, 6.07) is 53.7. The van der Waals surface area contributed by atoms with E-state index >= 15 is 0 Å². The first-order valence-electron chi connectivity index (χ1n) is 14.1. The summed E-state index contributed by atoms with van der Waals surface area (Å²) in [6.45, 7) is 0. The van der Waals surface area contributed by atoms with Gasteiger partial charge < -0.3 is 0 Å². The summed E-state index contributed by atoms with van der Waals surface area (Å²) >= 11 is 0. The number of para-hydroxylation sites is 1. The molecule has 1 aliphatic carbocycles. The smallest absolute Gasteiger partial charge is 0.170 e. The zero-order chi connectivity index (χ0) is 28.1. The van der Waals surface area contributed by atoms with Crippen molar-refractivity contribution in [2.45, 2.75) is 15.2 Å². The highest BCUT2D eigenvalue weighted by molar-refractivity contribution is 7.94. The van der Waals surface area contributed by atoms with Crippen molar-refractivity contribution in [1.82, 2.24) is 0 Å². The summed E-state index contributed by atoms with van der Waals surface area (Å²) < 4.78 is 19.7. The number of aliphatic imine (C=N–C) groups is 1. The molecule has 0 saturated carbocycles. The molecule has 8 rings (SSSR count). The molecule has 1 unspecified atom stereocenters. The fraction of sp³-hybridized carbons (Fsp3) is 0.0263. The van der Waals surface area contributed by atoms with Crippen LogP contribution in [-0.4, -0.2) is 10.0 Å². The second-order valence-corrected chi connectivity index (χ2v) is 12.8. The summed E-state index contributed by atoms with van der Waals surface area (Å²) in [5.74, 6) is 0.483. The van der Waals surface area contributed by atoms with Crippen molar-refractivity contribution in [3.63, 3.8) is 0 Å². The molecule has 6 aromatic rings. The van der Waals surface area contributed by atoms with E-state index in [9.17, 15) is 4.21 Å². The third kappa shape index (κ3) is 3.52. The first kappa shape index (κ1) is 24.7. The van der Waals surface area contributed by atoms with E-state index in [0.29, 0.717) is 21.3 Å². The van der Waals surface area contributed by atoms with E-state index in [-0.39, 0.29) is 0 Å². The van der Waals surface area contributed by atoms with Gasteiger partial charge in [-0.1, -0.05) is 127 Å². The molecule has 200 valence electrons. The molecular formula is C38H26N2OS. The zero-order valence-corrected chi connectivity index (χ0v) is 23.5. The maximum absolute atomic E-state index is 14.7. The van der Waals surface area contributed by atoms with Crippen molar-refractivity contribution in [1.29, 1.82) is 0 Å². The molecule has 0 amide bonds. The minimum absolute atomic E-state index is 0.483. The highest BCUT2D eigenvalue weighted by Gasteiger charge is 2.46. The van der Waals surface area contributed by atoms with Crippen LogP contribution in [-0.2, 0) is 15.1 Å². The molecule has 1 atom stereocenters. The summed E-state index contributed by atoms with van der Waals surface area (Å²) in [5.41, 5.74) is 8.21. The molecule has 1 heterocycles. The van der Waals surface area contributed by atoms with Gasteiger partial charge in [-0.25, -0.2) is 9.20 Å². The van der Waals surface area contributed by atoms with Gasteiger partial charge >= 0.3 is 0 Å². The van der Waals surface area contributed by atoms with E-state index in [1.807, 2.05) is 54.6 Å². The summed E-state index contributed by atoms with van der Waals surface area (Å²) in [7, 11) is -2.93. The van der Waals surface area contributed by atoms with Crippen molar-refractivity contribution in [3.05, 3.63) is 186 Å². The topological polar surface area (TPSA) is 41.8 Å². The van der Waals surface area contributed by atoms with Crippen LogP contribution in [0.4, 0.5) is 5.69 Å². The largest absolute Gasteiger partial charge is 0.239 e. The van der Waals surface area contributed by atoms with Gasteiger partial charge in [0.15, 0.2) is 5.84 Å².